The molecule has 0 radical (unpaired) electrons. The van der Waals surface area contributed by atoms with E-state index < -0.39 is 0 Å². The zero-order valence-electron chi connectivity index (χ0n) is 13.0. The summed E-state index contributed by atoms with van der Waals surface area (Å²) in [7, 11) is 0. The molecule has 0 aliphatic carbocycles. The van der Waals surface area contributed by atoms with Crippen molar-refractivity contribution in [1.82, 2.24) is 9.97 Å². The Kier molecular flexibility index (Phi) is 4.37. The molecule has 3 heterocycles. The van der Waals surface area contributed by atoms with Crippen LogP contribution in [0.2, 0.25) is 0 Å². The van der Waals surface area contributed by atoms with Crippen LogP contribution in [0, 0.1) is 0 Å². The number of hydrogen-bond acceptors (Lipinski definition) is 5. The number of hydrogen-bond donors (Lipinski definition) is 1. The maximum absolute atomic E-state index is 12.2. The Hall–Kier alpha value is -2.83. The van der Waals surface area contributed by atoms with Crippen LogP contribution in [0.1, 0.15) is 9.67 Å². The summed E-state index contributed by atoms with van der Waals surface area (Å²) < 4.78 is 0. The van der Waals surface area contributed by atoms with Gasteiger partial charge in [0.1, 0.15) is 5.01 Å². The van der Waals surface area contributed by atoms with Crippen molar-refractivity contribution < 1.29 is 4.79 Å². The molecule has 0 saturated heterocycles. The lowest BCUT2D eigenvalue weighted by Gasteiger charge is -2.05. The highest BCUT2D eigenvalue weighted by Crippen LogP contribution is 2.29. The number of anilines is 1. The number of carbonyl (C=O) groups excluding carboxylic acids is 1. The van der Waals surface area contributed by atoms with Gasteiger partial charge in [0.2, 0.25) is 0 Å². The second-order valence-corrected chi connectivity index (χ2v) is 7.09. The molecule has 0 spiro atoms. The molecule has 4 rings (SSSR count). The van der Waals surface area contributed by atoms with Gasteiger partial charge in [0.15, 0.2) is 0 Å². The largest absolute Gasteiger partial charge is 0.321 e. The molecule has 0 unspecified atom stereocenters. The summed E-state index contributed by atoms with van der Waals surface area (Å²) in [5.41, 5.74) is 3.67. The fourth-order valence-corrected chi connectivity index (χ4v) is 3.84. The standard InChI is InChI=1S/C19H13N3OS2/c23-18(17-5-2-10-24-17)21-15-4-1-3-14(11-15)16-12-25-19(22-16)13-6-8-20-9-7-13/h1-12H,(H,21,23). The maximum Gasteiger partial charge on any atom is 0.265 e. The van der Waals surface area contributed by atoms with E-state index in [0.29, 0.717) is 4.88 Å². The van der Waals surface area contributed by atoms with Gasteiger partial charge in [-0.05, 0) is 35.7 Å². The molecule has 1 amide bonds. The number of carbonyl (C=O) groups is 1. The lowest BCUT2D eigenvalue weighted by molar-refractivity contribution is 0.103. The Morgan fingerprint density at radius 1 is 0.960 bits per heavy atom. The van der Waals surface area contributed by atoms with Gasteiger partial charge >= 0.3 is 0 Å². The van der Waals surface area contributed by atoms with Crippen LogP contribution in [0.5, 0.6) is 0 Å². The molecule has 25 heavy (non-hydrogen) atoms. The zero-order valence-corrected chi connectivity index (χ0v) is 14.7. The van der Waals surface area contributed by atoms with E-state index >= 15 is 0 Å². The average Bonchev–Trinajstić information content (AvgIpc) is 3.35. The van der Waals surface area contributed by atoms with Crippen LogP contribution >= 0.6 is 22.7 Å². The predicted molar refractivity (Wildman–Crippen MR) is 103 cm³/mol. The topological polar surface area (TPSA) is 54.9 Å². The van der Waals surface area contributed by atoms with Crippen LogP contribution in [0.15, 0.2) is 71.7 Å². The van der Waals surface area contributed by atoms with Gasteiger partial charge in [0.25, 0.3) is 5.91 Å². The van der Waals surface area contributed by atoms with Crippen LogP contribution in [0.3, 0.4) is 0 Å². The second-order valence-electron chi connectivity index (χ2n) is 5.29. The molecule has 0 fully saturated rings. The Bertz CT molecular complexity index is 994. The highest BCUT2D eigenvalue weighted by molar-refractivity contribution is 7.13. The van der Waals surface area contributed by atoms with E-state index in [2.05, 4.69) is 10.3 Å². The van der Waals surface area contributed by atoms with Crippen LogP contribution in [0.25, 0.3) is 21.8 Å². The van der Waals surface area contributed by atoms with E-state index in [1.807, 2.05) is 59.3 Å². The van der Waals surface area contributed by atoms with Crippen molar-refractivity contribution in [3.05, 3.63) is 76.6 Å². The summed E-state index contributed by atoms with van der Waals surface area (Å²) in [6.07, 6.45) is 3.52. The third kappa shape index (κ3) is 3.50. The van der Waals surface area contributed by atoms with E-state index in [1.165, 1.54) is 11.3 Å². The summed E-state index contributed by atoms with van der Waals surface area (Å²) in [4.78, 5) is 21.6. The zero-order chi connectivity index (χ0) is 17.1. The Morgan fingerprint density at radius 3 is 2.64 bits per heavy atom. The number of thiazole rings is 1. The van der Waals surface area contributed by atoms with Crippen molar-refractivity contribution in [2.75, 3.05) is 5.32 Å². The maximum atomic E-state index is 12.2. The third-order valence-electron chi connectivity index (χ3n) is 3.59. The summed E-state index contributed by atoms with van der Waals surface area (Å²) in [5.74, 6) is -0.0945. The first-order valence-electron chi connectivity index (χ1n) is 7.61. The molecule has 3 aromatic heterocycles. The van der Waals surface area contributed by atoms with Crippen LogP contribution < -0.4 is 5.32 Å². The molecule has 0 saturated carbocycles. The summed E-state index contributed by atoms with van der Waals surface area (Å²) in [5, 5.41) is 7.80. The summed E-state index contributed by atoms with van der Waals surface area (Å²) >= 11 is 3.01. The van der Waals surface area contributed by atoms with Crippen molar-refractivity contribution in [2.45, 2.75) is 0 Å². The monoisotopic (exact) mass is 363 g/mol. The Labute approximate surface area is 152 Å². The van der Waals surface area contributed by atoms with Crippen LogP contribution in [0.4, 0.5) is 5.69 Å². The first-order valence-corrected chi connectivity index (χ1v) is 9.37. The highest BCUT2D eigenvalue weighted by atomic mass is 32.1. The normalized spacial score (nSPS) is 10.6. The lowest BCUT2D eigenvalue weighted by Crippen LogP contribution is -2.09. The number of rotatable bonds is 4. The molecule has 0 bridgehead atoms. The van der Waals surface area contributed by atoms with Crippen LogP contribution in [-0.2, 0) is 0 Å². The molecule has 0 atom stereocenters. The van der Waals surface area contributed by atoms with Gasteiger partial charge in [0.05, 0.1) is 10.6 Å². The first kappa shape index (κ1) is 15.7. The van der Waals surface area contributed by atoms with Gasteiger partial charge in [-0.15, -0.1) is 22.7 Å². The SMILES string of the molecule is O=C(Nc1cccc(-c2csc(-c3ccncc3)n2)c1)c1cccs1. The minimum absolute atomic E-state index is 0.0945. The second kappa shape index (κ2) is 6.96. The van der Waals surface area contributed by atoms with Gasteiger partial charge in [-0.3, -0.25) is 9.78 Å². The lowest BCUT2D eigenvalue weighted by atomic mass is 10.1. The molecule has 0 aliphatic heterocycles. The number of pyridine rings is 1. The van der Waals surface area contributed by atoms with E-state index in [4.69, 9.17) is 4.98 Å². The number of benzene rings is 1. The van der Waals surface area contributed by atoms with E-state index in [-0.39, 0.29) is 5.91 Å². The molecule has 122 valence electrons. The Morgan fingerprint density at radius 2 is 1.84 bits per heavy atom. The molecule has 0 aliphatic rings. The first-order chi connectivity index (χ1) is 12.3. The Balaban J connectivity index is 1.58. The van der Waals surface area contributed by atoms with Crippen molar-refractivity contribution in [1.29, 1.82) is 0 Å². The minimum atomic E-state index is -0.0945. The number of amides is 1. The van der Waals surface area contributed by atoms with Crippen molar-refractivity contribution in [3.63, 3.8) is 0 Å². The smallest absolute Gasteiger partial charge is 0.265 e. The van der Waals surface area contributed by atoms with Crippen molar-refractivity contribution in [2.24, 2.45) is 0 Å². The average molecular weight is 363 g/mol. The molecule has 4 nitrogen and oxygen atoms in total. The quantitative estimate of drug-likeness (QED) is 0.543. The fourth-order valence-electron chi connectivity index (χ4n) is 2.39. The number of thiophene rings is 1. The highest BCUT2D eigenvalue weighted by Gasteiger charge is 2.10. The number of nitrogens with zero attached hydrogens (tertiary/aromatic N) is 2. The van der Waals surface area contributed by atoms with Crippen molar-refractivity contribution in [3.8, 4) is 21.8 Å². The molecular weight excluding hydrogens is 350 g/mol. The van der Waals surface area contributed by atoms with Gasteiger partial charge in [-0.25, -0.2) is 4.98 Å². The predicted octanol–water partition coefficient (Wildman–Crippen LogP) is 5.19. The fraction of sp³-hybridized carbons (Fsp3) is 0. The minimum Gasteiger partial charge on any atom is -0.321 e. The molecular formula is C19H13N3OS2. The molecule has 1 N–H and O–H groups in total. The van der Waals surface area contributed by atoms with Gasteiger partial charge < -0.3 is 5.32 Å². The van der Waals surface area contributed by atoms with Gasteiger partial charge in [-0.1, -0.05) is 18.2 Å². The van der Waals surface area contributed by atoms with Gasteiger partial charge in [0, 0.05) is 34.6 Å². The number of nitrogens with one attached hydrogen (secondary N) is 1. The van der Waals surface area contributed by atoms with Gasteiger partial charge in [-0.2, -0.15) is 0 Å². The third-order valence-corrected chi connectivity index (χ3v) is 5.35. The van der Waals surface area contributed by atoms with E-state index in [1.54, 1.807) is 23.7 Å². The molecule has 4 aromatic rings. The van der Waals surface area contributed by atoms with E-state index in [9.17, 15) is 4.79 Å². The van der Waals surface area contributed by atoms with Crippen LogP contribution in [-0.4, -0.2) is 15.9 Å². The summed E-state index contributed by atoms with van der Waals surface area (Å²) in [6.45, 7) is 0. The molecule has 6 heteroatoms. The van der Waals surface area contributed by atoms with Crippen molar-refractivity contribution >= 4 is 34.3 Å². The molecule has 1 aromatic carbocycles. The van der Waals surface area contributed by atoms with E-state index in [0.717, 1.165) is 27.5 Å². The summed E-state index contributed by atoms with van der Waals surface area (Å²) in [6, 6.07) is 15.3. The number of aromatic nitrogens is 2.